The number of anilines is 1. The minimum atomic E-state index is -1.24. The van der Waals surface area contributed by atoms with Crippen LogP contribution in [0.15, 0.2) is 23.1 Å². The number of amides is 4. The Labute approximate surface area is 251 Å². The van der Waals surface area contributed by atoms with E-state index in [0.29, 0.717) is 23.4 Å². The second-order valence-electron chi connectivity index (χ2n) is 12.3. The van der Waals surface area contributed by atoms with Crippen LogP contribution in [0.25, 0.3) is 0 Å². The molecule has 7 rings (SSSR count). The lowest BCUT2D eigenvalue weighted by molar-refractivity contribution is -0.137. The van der Waals surface area contributed by atoms with Gasteiger partial charge in [-0.3, -0.25) is 28.8 Å². The van der Waals surface area contributed by atoms with E-state index in [1.54, 1.807) is 6.07 Å². The minimum Gasteiger partial charge on any atom is -0.353 e. The molecule has 0 saturated heterocycles. The molecule has 4 bridgehead atoms. The molecule has 14 heteroatoms. The first kappa shape index (κ1) is 29.1. The average molecular weight is 610 g/mol. The molecule has 6 atom stereocenters. The fraction of sp³-hybridized carbons (Fsp3) is 0.586. The van der Waals surface area contributed by atoms with Gasteiger partial charge >= 0.3 is 0 Å². The molecule has 5 fully saturated rings. The van der Waals surface area contributed by atoms with Crippen LogP contribution in [-0.4, -0.2) is 62.7 Å². The molecule has 2 aromatic heterocycles. The van der Waals surface area contributed by atoms with E-state index in [0.717, 1.165) is 36.7 Å². The highest BCUT2D eigenvalue weighted by molar-refractivity contribution is 7.08. The zero-order valence-corrected chi connectivity index (χ0v) is 24.7. The lowest BCUT2D eigenvalue weighted by atomic mass is 9.79. The number of nitrogens with one attached hydrogen (secondary N) is 4. The monoisotopic (exact) mass is 609 g/mol. The lowest BCUT2D eigenvalue weighted by Gasteiger charge is -2.32. The first-order valence-electron chi connectivity index (χ1n) is 14.9. The van der Waals surface area contributed by atoms with Crippen molar-refractivity contribution in [3.63, 3.8) is 0 Å². The fourth-order valence-electron chi connectivity index (χ4n) is 7.32. The molecule has 2 heterocycles. The Bertz CT molecular complexity index is 1510. The van der Waals surface area contributed by atoms with Gasteiger partial charge in [0, 0.05) is 31.6 Å². The quantitative estimate of drug-likeness (QED) is 0.257. The molecule has 0 aromatic carbocycles. The van der Waals surface area contributed by atoms with E-state index in [-0.39, 0.29) is 47.8 Å². The largest absolute Gasteiger partial charge is 0.353 e. The predicted molar refractivity (Wildman–Crippen MR) is 155 cm³/mol. The zero-order chi connectivity index (χ0) is 30.2. The van der Waals surface area contributed by atoms with Gasteiger partial charge in [-0.2, -0.15) is 0 Å². The Morgan fingerprint density at radius 1 is 1.09 bits per heavy atom. The molecule has 228 valence electrons. The third-order valence-corrected chi connectivity index (χ3v) is 10.2. The van der Waals surface area contributed by atoms with Crippen LogP contribution in [0.1, 0.15) is 72.7 Å². The standard InChI is InChI=1S/C29H35N7O6S/c1-30-27(40)21(37)7-6-19(31-28(41)25-24(15-4-5-15)34-35-43-25)26(39)32-20-3-2-8-36(29(20)42)13-22(38)33-23-17-10-14-9-16(12-17)18(23)11-14/h2-3,8,14-19,23H,4-7,9-13H2,1H3,(H,30,40)(H,31,41)(H,32,39)(H,33,38)/t14?,16?,17?,18?,19-,23?/m0/s1. The van der Waals surface area contributed by atoms with Gasteiger partial charge in [-0.25, -0.2) is 0 Å². The Kier molecular flexibility index (Phi) is 8.12. The third kappa shape index (κ3) is 6.10. The molecule has 0 radical (unpaired) electrons. The molecule has 5 unspecified atom stereocenters. The van der Waals surface area contributed by atoms with Crippen LogP contribution in [-0.2, 0) is 25.7 Å². The molecule has 5 aliphatic rings. The predicted octanol–water partition coefficient (Wildman–Crippen LogP) is 0.960. The van der Waals surface area contributed by atoms with E-state index in [1.165, 1.54) is 43.1 Å². The van der Waals surface area contributed by atoms with Gasteiger partial charge in [-0.1, -0.05) is 4.49 Å². The SMILES string of the molecule is CNC(=O)C(=O)CC[C@H](NC(=O)c1snnc1C1CC1)C(=O)Nc1cccn(CC(=O)NC2C3CC4CC(C3)C2C4)c1=O. The van der Waals surface area contributed by atoms with E-state index in [4.69, 9.17) is 0 Å². The van der Waals surface area contributed by atoms with Gasteiger partial charge in [0.1, 0.15) is 23.2 Å². The van der Waals surface area contributed by atoms with Crippen LogP contribution in [0.3, 0.4) is 0 Å². The van der Waals surface area contributed by atoms with Crippen LogP contribution < -0.4 is 26.8 Å². The Morgan fingerprint density at radius 2 is 1.88 bits per heavy atom. The average Bonchev–Trinajstić information content (AvgIpc) is 3.57. The molecule has 2 aromatic rings. The summed E-state index contributed by atoms with van der Waals surface area (Å²) in [4.78, 5) is 76.9. The number of ketones is 1. The Hall–Kier alpha value is -3.94. The summed E-state index contributed by atoms with van der Waals surface area (Å²) >= 11 is 0.918. The summed E-state index contributed by atoms with van der Waals surface area (Å²) in [6.07, 6.45) is 7.56. The van der Waals surface area contributed by atoms with Crippen molar-refractivity contribution in [2.24, 2.45) is 23.7 Å². The maximum absolute atomic E-state index is 13.4. The number of carbonyl (C=O) groups excluding carboxylic acids is 5. The van der Waals surface area contributed by atoms with Gasteiger partial charge in [0.2, 0.25) is 17.6 Å². The molecule has 5 saturated carbocycles. The van der Waals surface area contributed by atoms with Gasteiger partial charge in [-0.15, -0.1) is 5.10 Å². The summed E-state index contributed by atoms with van der Waals surface area (Å²) in [6.45, 7) is -0.185. The van der Waals surface area contributed by atoms with Crippen molar-refractivity contribution in [1.82, 2.24) is 30.1 Å². The van der Waals surface area contributed by atoms with Crippen molar-refractivity contribution in [3.8, 4) is 0 Å². The highest BCUT2D eigenvalue weighted by Gasteiger charge is 2.54. The molecule has 13 nitrogen and oxygen atoms in total. The number of hydrogen-bond acceptors (Lipinski definition) is 9. The van der Waals surface area contributed by atoms with E-state index < -0.39 is 35.1 Å². The van der Waals surface area contributed by atoms with Gasteiger partial charge in [0.05, 0.1) is 5.69 Å². The second kappa shape index (κ2) is 12.0. The van der Waals surface area contributed by atoms with E-state index in [9.17, 15) is 28.8 Å². The van der Waals surface area contributed by atoms with Crippen molar-refractivity contribution in [2.75, 3.05) is 12.4 Å². The molecule has 4 N–H and O–H groups in total. The Morgan fingerprint density at radius 3 is 2.63 bits per heavy atom. The first-order chi connectivity index (χ1) is 20.7. The summed E-state index contributed by atoms with van der Waals surface area (Å²) in [7, 11) is 1.32. The summed E-state index contributed by atoms with van der Waals surface area (Å²) in [5, 5.41) is 14.7. The number of pyridine rings is 1. The van der Waals surface area contributed by atoms with E-state index in [2.05, 4.69) is 30.9 Å². The van der Waals surface area contributed by atoms with Gasteiger partial charge in [0.25, 0.3) is 17.4 Å². The smallest absolute Gasteiger partial charge is 0.287 e. The maximum Gasteiger partial charge on any atom is 0.287 e. The lowest BCUT2D eigenvalue weighted by Crippen LogP contribution is -2.46. The van der Waals surface area contributed by atoms with Crippen LogP contribution in [0.4, 0.5) is 5.69 Å². The van der Waals surface area contributed by atoms with Crippen molar-refractivity contribution in [3.05, 3.63) is 39.3 Å². The molecule has 0 aliphatic heterocycles. The topological polar surface area (TPSA) is 181 Å². The maximum atomic E-state index is 13.4. The normalized spacial score (nSPS) is 25.7. The number of nitrogens with zero attached hydrogens (tertiary/aromatic N) is 3. The Balaban J connectivity index is 1.12. The van der Waals surface area contributed by atoms with E-state index in [1.807, 2.05) is 0 Å². The highest BCUT2D eigenvalue weighted by Crippen LogP contribution is 2.58. The van der Waals surface area contributed by atoms with Crippen LogP contribution >= 0.6 is 11.5 Å². The number of hydrogen-bond donors (Lipinski definition) is 4. The molecular formula is C29H35N7O6S. The van der Waals surface area contributed by atoms with Crippen molar-refractivity contribution >= 4 is 46.6 Å². The summed E-state index contributed by atoms with van der Waals surface area (Å²) in [5.74, 6) is -0.422. The van der Waals surface area contributed by atoms with E-state index >= 15 is 0 Å². The second-order valence-corrected chi connectivity index (χ2v) is 13.0. The zero-order valence-electron chi connectivity index (χ0n) is 23.8. The summed E-state index contributed by atoms with van der Waals surface area (Å²) in [5.41, 5.74) is -0.0755. The van der Waals surface area contributed by atoms with Crippen molar-refractivity contribution in [2.45, 2.75) is 75.9 Å². The van der Waals surface area contributed by atoms with Gasteiger partial charge < -0.3 is 25.8 Å². The first-order valence-corrected chi connectivity index (χ1v) is 15.7. The molecule has 5 aliphatic carbocycles. The van der Waals surface area contributed by atoms with Crippen LogP contribution in [0.5, 0.6) is 0 Å². The number of likely N-dealkylation sites (N-methyl/N-ethyl adjacent to an activating group) is 1. The van der Waals surface area contributed by atoms with Crippen LogP contribution in [0.2, 0.25) is 0 Å². The third-order valence-electron chi connectivity index (χ3n) is 9.42. The number of aromatic nitrogens is 3. The fourth-order valence-corrected chi connectivity index (χ4v) is 7.98. The summed E-state index contributed by atoms with van der Waals surface area (Å²) in [6, 6.07) is 1.89. The molecule has 0 spiro atoms. The van der Waals surface area contributed by atoms with Crippen molar-refractivity contribution < 1.29 is 24.0 Å². The summed E-state index contributed by atoms with van der Waals surface area (Å²) < 4.78 is 5.12. The van der Waals surface area contributed by atoms with Crippen molar-refractivity contribution in [1.29, 1.82) is 0 Å². The molecule has 4 amide bonds. The van der Waals surface area contributed by atoms with Crippen LogP contribution in [0, 0.1) is 23.7 Å². The molecule has 43 heavy (non-hydrogen) atoms. The van der Waals surface area contributed by atoms with Gasteiger partial charge in [0.15, 0.2) is 0 Å². The molecular weight excluding hydrogens is 574 g/mol. The van der Waals surface area contributed by atoms with Gasteiger partial charge in [-0.05, 0) is 92.3 Å². The number of rotatable bonds is 12. The number of carbonyl (C=O) groups is 5. The highest BCUT2D eigenvalue weighted by atomic mass is 32.1. The number of Topliss-reactive ketones (excluding diaryl/α,β-unsaturated/α-hetero) is 1. The minimum absolute atomic E-state index is 0.0751.